The first-order chi connectivity index (χ1) is 35.6. The van der Waals surface area contributed by atoms with Crippen LogP contribution in [0.5, 0.6) is 0 Å². The van der Waals surface area contributed by atoms with Gasteiger partial charge in [-0.3, -0.25) is 0 Å². The monoisotopic (exact) mass is 1150 g/mol. The lowest BCUT2D eigenvalue weighted by atomic mass is 9.12. The van der Waals surface area contributed by atoms with Gasteiger partial charge in [-0.2, -0.15) is 127 Å². The van der Waals surface area contributed by atoms with E-state index in [4.69, 9.17) is 0 Å². The predicted octanol–water partition coefficient (Wildman–Crippen LogP) is 16.1. The van der Waals surface area contributed by atoms with Gasteiger partial charge in [-0.25, -0.2) is 4.57 Å². The molecule has 1 nitrogen and oxygen atoms in total. The van der Waals surface area contributed by atoms with Crippen LogP contribution in [0.2, 0.25) is 0 Å². The molecule has 0 saturated carbocycles. The molecule has 0 bridgehead atoms. The maximum atomic E-state index is 14.2. The van der Waals surface area contributed by atoms with Gasteiger partial charge in [-0.1, -0.05) is 118 Å². The minimum atomic E-state index is -6.13. The lowest BCUT2D eigenvalue weighted by Gasteiger charge is -2.46. The summed E-state index contributed by atoms with van der Waals surface area (Å²) in [5.74, 6) is 0. The molecule has 0 radical (unpaired) electrons. The van der Waals surface area contributed by atoms with Gasteiger partial charge in [0.1, 0.15) is 6.15 Å². The molecule has 0 spiro atoms. The Labute approximate surface area is 428 Å². The molecule has 0 amide bonds. The average molecular weight is 1150 g/mol. The normalized spacial score (nSPS) is 13.3. The van der Waals surface area contributed by atoms with E-state index in [-0.39, 0.29) is 0 Å². The molecule has 1 aromatic heterocycles. The van der Waals surface area contributed by atoms with Crippen molar-refractivity contribution in [1.29, 1.82) is 0 Å². The third-order valence-corrected chi connectivity index (χ3v) is 12.4. The number of hydrogen-bond donors (Lipinski definition) is 0. The molecule has 0 fully saturated rings. The van der Waals surface area contributed by atoms with Crippen LogP contribution < -0.4 is 26.4 Å². The van der Waals surface area contributed by atoms with Crippen molar-refractivity contribution >= 4 is 28.0 Å². The van der Waals surface area contributed by atoms with Crippen LogP contribution in [-0.2, 0) is 62.4 Å². The highest BCUT2D eigenvalue weighted by Crippen LogP contribution is 2.41. The third kappa shape index (κ3) is 15.9. The van der Waals surface area contributed by atoms with Gasteiger partial charge >= 0.3 is 49.4 Å². The molecule has 0 unspecified atom stereocenters. The number of halogens is 24. The Balaban J connectivity index is 0.000000443. The van der Waals surface area contributed by atoms with Crippen molar-refractivity contribution in [3.05, 3.63) is 183 Å². The molecule has 5 aromatic carbocycles. The van der Waals surface area contributed by atoms with E-state index in [0.717, 1.165) is 6.54 Å². The molecule has 6 aromatic rings. The number of rotatable bonds is 13. The summed E-state index contributed by atoms with van der Waals surface area (Å²) in [7, 11) is 0. The third-order valence-electron chi connectivity index (χ3n) is 12.4. The standard InChI is InChI=1S/C32H12BF24.C20H28N/c34-25(35,36)13-1-14(26(37,38)39)6-21(5-13)33(22-7-15(27(40,41)42)2-16(8-22)28(43,44)45,23-9-17(29(46,47)48)3-18(10-23)30(49,50)51)24-11-19(31(52,53)54)4-20(12-24)32(55,56)57;1-2-3-4-5-6-8-11-19-14-16-21(17-15-19)18-20-12-9-7-10-13-20/h1-12H;7,9-10,12-17H,2-6,8,11,18H2,1H3/q-1;+1. The van der Waals surface area contributed by atoms with Crippen molar-refractivity contribution in [1.82, 2.24) is 0 Å². The van der Waals surface area contributed by atoms with Crippen LogP contribution in [0, 0.1) is 0 Å². The summed E-state index contributed by atoms with van der Waals surface area (Å²) in [6.45, 7) is 3.23. The van der Waals surface area contributed by atoms with E-state index in [1.165, 1.54) is 56.1 Å². The fraction of sp³-hybridized carbons (Fsp3) is 0.327. The highest BCUT2D eigenvalue weighted by Gasteiger charge is 2.47. The first-order valence-electron chi connectivity index (χ1n) is 23.0. The number of aryl methyl sites for hydroxylation is 1. The lowest BCUT2D eigenvalue weighted by Crippen LogP contribution is -2.75. The van der Waals surface area contributed by atoms with Crippen molar-refractivity contribution in [2.45, 2.75) is 108 Å². The molecular weight excluding hydrogens is 1110 g/mol. The van der Waals surface area contributed by atoms with E-state index >= 15 is 0 Å². The van der Waals surface area contributed by atoms with E-state index in [1.807, 2.05) is 0 Å². The highest BCUT2D eigenvalue weighted by molar-refractivity contribution is 7.20. The van der Waals surface area contributed by atoms with Crippen molar-refractivity contribution in [3.63, 3.8) is 0 Å². The van der Waals surface area contributed by atoms with E-state index in [0.29, 0.717) is 0 Å². The maximum absolute atomic E-state index is 14.2. The highest BCUT2D eigenvalue weighted by atomic mass is 19.4. The Bertz CT molecular complexity index is 2520. The van der Waals surface area contributed by atoms with Gasteiger partial charge in [-0.05, 0) is 42.7 Å². The smallest absolute Gasteiger partial charge is 0.201 e. The molecule has 78 heavy (non-hydrogen) atoms. The Hall–Kier alpha value is -6.37. The topological polar surface area (TPSA) is 3.88 Å². The molecular formula is C52H40BF24N. The van der Waals surface area contributed by atoms with Crippen LogP contribution in [0.25, 0.3) is 0 Å². The summed E-state index contributed by atoms with van der Waals surface area (Å²) in [5.41, 5.74) is -27.4. The van der Waals surface area contributed by atoms with Gasteiger partial charge in [0, 0.05) is 17.7 Å². The van der Waals surface area contributed by atoms with E-state index in [1.54, 1.807) is 0 Å². The van der Waals surface area contributed by atoms with Crippen LogP contribution >= 0.6 is 0 Å². The maximum Gasteiger partial charge on any atom is 0.416 e. The summed E-state index contributed by atoms with van der Waals surface area (Å²) in [4.78, 5) is 0. The van der Waals surface area contributed by atoms with Crippen LogP contribution in [0.3, 0.4) is 0 Å². The zero-order valence-electron chi connectivity index (χ0n) is 39.9. The molecule has 0 saturated heterocycles. The Morgan fingerprint density at radius 1 is 0.308 bits per heavy atom. The van der Waals surface area contributed by atoms with Crippen molar-refractivity contribution < 1.29 is 110 Å². The number of alkyl halides is 24. The summed E-state index contributed by atoms with van der Waals surface area (Å²) >= 11 is 0. The summed E-state index contributed by atoms with van der Waals surface area (Å²) in [5, 5.41) is 0. The average Bonchev–Trinajstić information content (AvgIpc) is 3.37. The number of aromatic nitrogens is 1. The minimum Gasteiger partial charge on any atom is -0.201 e. The van der Waals surface area contributed by atoms with Gasteiger partial charge < -0.3 is 0 Å². The van der Waals surface area contributed by atoms with E-state index in [2.05, 4.69) is 66.3 Å². The quantitative estimate of drug-likeness (QED) is 0.0470. The van der Waals surface area contributed by atoms with E-state index < -0.39 is 195 Å². The number of nitrogens with zero attached hydrogens (tertiary/aromatic N) is 1. The van der Waals surface area contributed by atoms with Crippen molar-refractivity contribution in [2.75, 3.05) is 0 Å². The molecule has 0 aliphatic rings. The van der Waals surface area contributed by atoms with Crippen LogP contribution in [0.4, 0.5) is 105 Å². The molecule has 0 aliphatic heterocycles. The first-order valence-corrected chi connectivity index (χ1v) is 23.0. The number of benzene rings is 5. The molecule has 26 heteroatoms. The zero-order valence-corrected chi connectivity index (χ0v) is 39.9. The van der Waals surface area contributed by atoms with Gasteiger partial charge in [0.2, 0.25) is 0 Å². The summed E-state index contributed by atoms with van der Waals surface area (Å²) < 4.78 is 343. The van der Waals surface area contributed by atoms with Crippen molar-refractivity contribution in [2.24, 2.45) is 0 Å². The van der Waals surface area contributed by atoms with Crippen molar-refractivity contribution in [3.8, 4) is 0 Å². The Morgan fingerprint density at radius 3 is 0.821 bits per heavy atom. The minimum absolute atomic E-state index is 0.691. The van der Waals surface area contributed by atoms with Gasteiger partial charge in [-0.15, -0.1) is 0 Å². The molecule has 1 heterocycles. The van der Waals surface area contributed by atoms with Gasteiger partial charge in [0.25, 0.3) is 0 Å². The second-order valence-electron chi connectivity index (χ2n) is 18.1. The fourth-order valence-corrected chi connectivity index (χ4v) is 8.73. The zero-order chi connectivity index (χ0) is 58.7. The Kier molecular flexibility index (Phi) is 18.5. The van der Waals surface area contributed by atoms with E-state index in [9.17, 15) is 105 Å². The summed E-state index contributed by atoms with van der Waals surface area (Å²) in [6.07, 6.45) is -40.9. The Morgan fingerprint density at radius 2 is 0.564 bits per heavy atom. The predicted molar refractivity (Wildman–Crippen MR) is 239 cm³/mol. The second kappa shape index (κ2) is 23.2. The molecule has 424 valence electrons. The number of unbranched alkanes of at least 4 members (excludes halogenated alkanes) is 5. The molecule has 0 N–H and O–H groups in total. The fourth-order valence-electron chi connectivity index (χ4n) is 8.73. The largest absolute Gasteiger partial charge is 0.416 e. The summed E-state index contributed by atoms with van der Waals surface area (Å²) in [6, 6.07) is 6.36. The molecule has 6 rings (SSSR count). The van der Waals surface area contributed by atoms with Crippen LogP contribution in [-0.4, -0.2) is 6.15 Å². The first kappa shape index (κ1) is 62.5. The lowest BCUT2D eigenvalue weighted by molar-refractivity contribution is -0.688. The van der Waals surface area contributed by atoms with Gasteiger partial charge in [0.05, 0.1) is 44.5 Å². The number of pyridine rings is 1. The number of hydrogen-bond acceptors (Lipinski definition) is 0. The van der Waals surface area contributed by atoms with Gasteiger partial charge in [0.15, 0.2) is 18.9 Å². The molecule has 0 aliphatic carbocycles. The van der Waals surface area contributed by atoms with Crippen LogP contribution in [0.15, 0.2) is 128 Å². The van der Waals surface area contributed by atoms with Crippen LogP contribution in [0.1, 0.15) is 101 Å². The second-order valence-corrected chi connectivity index (χ2v) is 18.1. The SMILES string of the molecule is CCCCCCCCc1cc[n+](Cc2ccccc2)cc1.FC(F)(F)c1cc([B-](c2cc(C(F)(F)F)cc(C(F)(F)F)c2)(c2cc(C(F)(F)F)cc(C(F)(F)F)c2)c2cc(C(F)(F)F)cc(C(F)(F)F)c2)cc(C(F)(F)F)c1. The molecule has 0 atom stereocenters.